The molecule has 0 bridgehead atoms. The summed E-state index contributed by atoms with van der Waals surface area (Å²) in [5.41, 5.74) is 11.0. The zero-order chi connectivity index (χ0) is 10.1. The minimum atomic E-state index is 0.116. The Kier molecular flexibility index (Phi) is 8.33. The van der Waals surface area contributed by atoms with Crippen molar-refractivity contribution in [1.29, 1.82) is 0 Å². The van der Waals surface area contributed by atoms with Gasteiger partial charge < -0.3 is 20.9 Å². The van der Waals surface area contributed by atoms with Crippen molar-refractivity contribution in [2.45, 2.75) is 32.4 Å². The van der Waals surface area contributed by atoms with Crippen LogP contribution < -0.4 is 11.5 Å². The Morgan fingerprint density at radius 2 is 1.31 bits per heavy atom. The fourth-order valence-electron chi connectivity index (χ4n) is 0.802. The van der Waals surface area contributed by atoms with Crippen LogP contribution in [0.4, 0.5) is 0 Å². The molecule has 13 heavy (non-hydrogen) atoms. The first-order valence-corrected chi connectivity index (χ1v) is 4.79. The Hall–Kier alpha value is -0.160. The van der Waals surface area contributed by atoms with Crippen molar-refractivity contribution in [3.8, 4) is 0 Å². The van der Waals surface area contributed by atoms with Crippen molar-refractivity contribution in [2.75, 3.05) is 26.4 Å². The molecule has 0 rings (SSSR count). The van der Waals surface area contributed by atoms with Crippen molar-refractivity contribution in [3.63, 3.8) is 0 Å². The highest BCUT2D eigenvalue weighted by Crippen LogP contribution is 1.87. The Bertz CT molecular complexity index is 95.8. The zero-order valence-electron chi connectivity index (χ0n) is 8.66. The van der Waals surface area contributed by atoms with Gasteiger partial charge in [0.1, 0.15) is 0 Å². The third-order valence-corrected chi connectivity index (χ3v) is 1.34. The molecule has 4 nitrogen and oxygen atoms in total. The predicted octanol–water partition coefficient (Wildman–Crippen LogP) is 0.104. The lowest BCUT2D eigenvalue weighted by Gasteiger charge is -2.08. The smallest absolute Gasteiger partial charge is 0.0614 e. The van der Waals surface area contributed by atoms with Crippen LogP contribution in [0.25, 0.3) is 0 Å². The monoisotopic (exact) mass is 190 g/mol. The lowest BCUT2D eigenvalue weighted by atomic mass is 10.4. The third kappa shape index (κ3) is 11.8. The van der Waals surface area contributed by atoms with Crippen LogP contribution in [0.5, 0.6) is 0 Å². The molecule has 0 aliphatic rings. The highest BCUT2D eigenvalue weighted by Gasteiger charge is 1.95. The van der Waals surface area contributed by atoms with E-state index >= 15 is 0 Å². The van der Waals surface area contributed by atoms with Crippen LogP contribution >= 0.6 is 0 Å². The largest absolute Gasteiger partial charge is 0.380 e. The fourth-order valence-corrected chi connectivity index (χ4v) is 0.802. The molecule has 0 aromatic rings. The normalized spacial score (nSPS) is 15.7. The molecule has 4 heteroatoms. The Morgan fingerprint density at radius 1 is 0.923 bits per heavy atom. The second-order valence-electron chi connectivity index (χ2n) is 3.46. The van der Waals surface area contributed by atoms with Crippen molar-refractivity contribution in [2.24, 2.45) is 11.5 Å². The second kappa shape index (κ2) is 8.44. The highest BCUT2D eigenvalue weighted by molar-refractivity contribution is 4.50. The van der Waals surface area contributed by atoms with Crippen molar-refractivity contribution in [1.82, 2.24) is 0 Å². The standard InChI is InChI=1S/C9H22N2O2/c1-8(10)6-12-4-3-5-13-7-9(2)11/h8-9H,3-7,10-11H2,1-2H3. The minimum Gasteiger partial charge on any atom is -0.380 e. The van der Waals surface area contributed by atoms with E-state index in [4.69, 9.17) is 20.9 Å². The summed E-state index contributed by atoms with van der Waals surface area (Å²) in [5.74, 6) is 0. The lowest BCUT2D eigenvalue weighted by molar-refractivity contribution is 0.0750. The summed E-state index contributed by atoms with van der Waals surface area (Å²) in [6.45, 7) is 6.50. The molecule has 4 N–H and O–H groups in total. The van der Waals surface area contributed by atoms with Gasteiger partial charge in [0.2, 0.25) is 0 Å². The van der Waals surface area contributed by atoms with Gasteiger partial charge >= 0.3 is 0 Å². The Morgan fingerprint density at radius 3 is 1.62 bits per heavy atom. The molecule has 2 atom stereocenters. The fraction of sp³-hybridized carbons (Fsp3) is 1.00. The van der Waals surface area contributed by atoms with Gasteiger partial charge in [0.15, 0.2) is 0 Å². The maximum atomic E-state index is 5.50. The summed E-state index contributed by atoms with van der Waals surface area (Å²) in [5, 5.41) is 0. The van der Waals surface area contributed by atoms with Gasteiger partial charge in [0.05, 0.1) is 13.2 Å². The van der Waals surface area contributed by atoms with Gasteiger partial charge in [-0.15, -0.1) is 0 Å². The van der Waals surface area contributed by atoms with E-state index in [0.29, 0.717) is 26.4 Å². The topological polar surface area (TPSA) is 70.5 Å². The summed E-state index contributed by atoms with van der Waals surface area (Å²) in [6.07, 6.45) is 0.902. The highest BCUT2D eigenvalue weighted by atomic mass is 16.5. The molecule has 0 heterocycles. The van der Waals surface area contributed by atoms with Crippen LogP contribution in [0, 0.1) is 0 Å². The lowest BCUT2D eigenvalue weighted by Crippen LogP contribution is -2.23. The molecule has 0 aromatic carbocycles. The maximum absolute atomic E-state index is 5.50. The van der Waals surface area contributed by atoms with Gasteiger partial charge in [-0.25, -0.2) is 0 Å². The first-order chi connectivity index (χ1) is 6.13. The van der Waals surface area contributed by atoms with E-state index < -0.39 is 0 Å². The Labute approximate surface area is 80.6 Å². The van der Waals surface area contributed by atoms with Crippen molar-refractivity contribution >= 4 is 0 Å². The SMILES string of the molecule is CC(N)COCCCOCC(C)N. The molecular formula is C9H22N2O2. The average molecular weight is 190 g/mol. The molecule has 0 aliphatic carbocycles. The zero-order valence-corrected chi connectivity index (χ0v) is 8.66. The number of rotatable bonds is 8. The average Bonchev–Trinajstić information content (AvgIpc) is 2.01. The number of hydrogen-bond acceptors (Lipinski definition) is 4. The third-order valence-electron chi connectivity index (χ3n) is 1.34. The van der Waals surface area contributed by atoms with E-state index in [0.717, 1.165) is 6.42 Å². The predicted molar refractivity (Wildman–Crippen MR) is 53.6 cm³/mol. The molecule has 0 spiro atoms. The van der Waals surface area contributed by atoms with Crippen LogP contribution in [0.3, 0.4) is 0 Å². The quantitative estimate of drug-likeness (QED) is 0.533. The Balaban J connectivity index is 2.92. The molecular weight excluding hydrogens is 168 g/mol. The van der Waals surface area contributed by atoms with Gasteiger partial charge in [-0.1, -0.05) is 0 Å². The molecule has 0 aromatic heterocycles. The molecule has 0 radical (unpaired) electrons. The maximum Gasteiger partial charge on any atom is 0.0614 e. The molecule has 0 aliphatic heterocycles. The molecule has 0 fully saturated rings. The summed E-state index contributed by atoms with van der Waals surface area (Å²) >= 11 is 0. The van der Waals surface area contributed by atoms with Crippen LogP contribution in [0.15, 0.2) is 0 Å². The first-order valence-electron chi connectivity index (χ1n) is 4.79. The number of nitrogens with two attached hydrogens (primary N) is 2. The van der Waals surface area contributed by atoms with Gasteiger partial charge in [0.25, 0.3) is 0 Å². The summed E-state index contributed by atoms with van der Waals surface area (Å²) in [4.78, 5) is 0. The van der Waals surface area contributed by atoms with Crippen molar-refractivity contribution in [3.05, 3.63) is 0 Å². The summed E-state index contributed by atoms with van der Waals surface area (Å²) in [7, 11) is 0. The van der Waals surface area contributed by atoms with Crippen LogP contribution in [0.1, 0.15) is 20.3 Å². The van der Waals surface area contributed by atoms with E-state index in [2.05, 4.69) is 0 Å². The van der Waals surface area contributed by atoms with Crippen LogP contribution in [0.2, 0.25) is 0 Å². The number of ether oxygens (including phenoxy) is 2. The summed E-state index contributed by atoms with van der Waals surface area (Å²) < 4.78 is 10.5. The van der Waals surface area contributed by atoms with E-state index in [1.54, 1.807) is 0 Å². The molecule has 80 valence electrons. The first kappa shape index (κ1) is 12.8. The molecule has 2 unspecified atom stereocenters. The number of hydrogen-bond donors (Lipinski definition) is 2. The van der Waals surface area contributed by atoms with E-state index in [-0.39, 0.29) is 12.1 Å². The van der Waals surface area contributed by atoms with Gasteiger partial charge in [-0.2, -0.15) is 0 Å². The van der Waals surface area contributed by atoms with Crippen LogP contribution in [-0.2, 0) is 9.47 Å². The van der Waals surface area contributed by atoms with E-state index in [1.807, 2.05) is 13.8 Å². The molecule has 0 saturated heterocycles. The van der Waals surface area contributed by atoms with Gasteiger partial charge in [0, 0.05) is 25.3 Å². The van der Waals surface area contributed by atoms with Gasteiger partial charge in [-0.3, -0.25) is 0 Å². The second-order valence-corrected chi connectivity index (χ2v) is 3.46. The van der Waals surface area contributed by atoms with E-state index in [9.17, 15) is 0 Å². The van der Waals surface area contributed by atoms with Crippen molar-refractivity contribution < 1.29 is 9.47 Å². The van der Waals surface area contributed by atoms with Gasteiger partial charge in [-0.05, 0) is 20.3 Å². The van der Waals surface area contributed by atoms with Crippen LogP contribution in [-0.4, -0.2) is 38.5 Å². The minimum absolute atomic E-state index is 0.116. The van der Waals surface area contributed by atoms with E-state index in [1.165, 1.54) is 0 Å². The summed E-state index contributed by atoms with van der Waals surface area (Å²) in [6, 6.07) is 0.231. The molecule has 0 amide bonds. The molecule has 0 saturated carbocycles.